The van der Waals surface area contributed by atoms with Crippen LogP contribution in [0.25, 0.3) is 0 Å². The summed E-state index contributed by atoms with van der Waals surface area (Å²) in [5, 5.41) is 11.9. The fraction of sp³-hybridized carbons (Fsp3) is 0.556. The van der Waals surface area contributed by atoms with Crippen molar-refractivity contribution in [2.24, 2.45) is 0 Å². The number of rotatable bonds is 8. The number of carbonyl (C=O) groups is 2. The Morgan fingerprint density at radius 2 is 2.00 bits per heavy atom. The molecule has 1 atom stereocenters. The number of carboxylic acid groups (broad SMARTS) is 1. The van der Waals surface area contributed by atoms with E-state index < -0.39 is 23.7 Å². The van der Waals surface area contributed by atoms with Crippen molar-refractivity contribution in [2.75, 3.05) is 6.61 Å². The second-order valence-corrected chi connectivity index (χ2v) is 7.94. The van der Waals surface area contributed by atoms with Gasteiger partial charge in [-0.05, 0) is 73.5 Å². The molecule has 0 aromatic heterocycles. The first kappa shape index (κ1) is 21.5. The molecule has 0 radical (unpaired) electrons. The van der Waals surface area contributed by atoms with Crippen molar-refractivity contribution in [3.8, 4) is 5.75 Å². The summed E-state index contributed by atoms with van der Waals surface area (Å²) in [6, 6.07) is 4.51. The maximum absolute atomic E-state index is 11.9. The van der Waals surface area contributed by atoms with Crippen LogP contribution in [0, 0.1) is 3.57 Å². The second-order valence-electron chi connectivity index (χ2n) is 6.70. The molecule has 1 rings (SSSR count). The summed E-state index contributed by atoms with van der Waals surface area (Å²) in [7, 11) is 0. The largest absolute Gasteiger partial charge is 0.493 e. The molecular weight excluding hydrogens is 437 g/mol. The Labute approximate surface area is 162 Å². The van der Waals surface area contributed by atoms with Crippen molar-refractivity contribution in [1.82, 2.24) is 5.32 Å². The lowest BCUT2D eigenvalue weighted by Gasteiger charge is -2.22. The molecule has 0 saturated heterocycles. The zero-order valence-electron chi connectivity index (χ0n) is 15.1. The Balaban J connectivity index is 2.88. The number of ether oxygens (including phenoxy) is 2. The third-order valence-corrected chi connectivity index (χ3v) is 3.86. The normalized spacial score (nSPS) is 12.4. The minimum absolute atomic E-state index is 0.118. The van der Waals surface area contributed by atoms with E-state index in [1.54, 1.807) is 20.8 Å². The quantitative estimate of drug-likeness (QED) is 0.450. The van der Waals surface area contributed by atoms with Crippen molar-refractivity contribution in [1.29, 1.82) is 0 Å². The van der Waals surface area contributed by atoms with Gasteiger partial charge in [-0.1, -0.05) is 13.3 Å². The van der Waals surface area contributed by atoms with Crippen LogP contribution in [0.15, 0.2) is 18.2 Å². The standard InChI is InChI=1S/C18H26INO5/c1-5-6-9-24-15-8-7-13(19)10-12(15)11-14(16(21)22)20-17(23)25-18(2,3)4/h7-8,10,14H,5-6,9,11H2,1-4H3,(H,20,23)(H,21,22)/t14-/m0/s1. The summed E-state index contributed by atoms with van der Waals surface area (Å²) >= 11 is 2.16. The third kappa shape index (κ3) is 8.42. The topological polar surface area (TPSA) is 84.9 Å². The van der Waals surface area contributed by atoms with Crippen LogP contribution in [-0.2, 0) is 16.0 Å². The van der Waals surface area contributed by atoms with Gasteiger partial charge in [-0.25, -0.2) is 9.59 Å². The van der Waals surface area contributed by atoms with Gasteiger partial charge >= 0.3 is 12.1 Å². The van der Waals surface area contributed by atoms with E-state index in [2.05, 4.69) is 34.8 Å². The summed E-state index contributed by atoms with van der Waals surface area (Å²) in [5.41, 5.74) is 0.0513. The molecule has 0 heterocycles. The van der Waals surface area contributed by atoms with Crippen LogP contribution in [-0.4, -0.2) is 35.4 Å². The molecule has 140 valence electrons. The van der Waals surface area contributed by atoms with Crippen LogP contribution in [0.3, 0.4) is 0 Å². The van der Waals surface area contributed by atoms with E-state index in [-0.39, 0.29) is 6.42 Å². The molecule has 0 unspecified atom stereocenters. The molecule has 0 fully saturated rings. The number of carboxylic acids is 1. The first-order valence-electron chi connectivity index (χ1n) is 8.26. The molecule has 1 aromatic carbocycles. The minimum Gasteiger partial charge on any atom is -0.493 e. The van der Waals surface area contributed by atoms with Crippen molar-refractivity contribution in [3.63, 3.8) is 0 Å². The lowest BCUT2D eigenvalue weighted by molar-refractivity contribution is -0.139. The molecule has 0 aliphatic rings. The Morgan fingerprint density at radius 3 is 2.56 bits per heavy atom. The number of hydrogen-bond acceptors (Lipinski definition) is 4. The number of amides is 1. The van der Waals surface area contributed by atoms with Crippen LogP contribution in [0.5, 0.6) is 5.75 Å². The van der Waals surface area contributed by atoms with Crippen molar-refractivity contribution < 1.29 is 24.2 Å². The maximum Gasteiger partial charge on any atom is 0.408 e. The lowest BCUT2D eigenvalue weighted by atomic mass is 10.0. The number of hydrogen-bond donors (Lipinski definition) is 2. The van der Waals surface area contributed by atoms with Crippen LogP contribution >= 0.6 is 22.6 Å². The predicted molar refractivity (Wildman–Crippen MR) is 104 cm³/mol. The van der Waals surface area contributed by atoms with E-state index in [9.17, 15) is 14.7 Å². The second kappa shape index (κ2) is 9.84. The molecule has 7 heteroatoms. The Morgan fingerprint density at radius 1 is 1.32 bits per heavy atom. The van der Waals surface area contributed by atoms with E-state index in [0.717, 1.165) is 22.0 Å². The van der Waals surface area contributed by atoms with E-state index in [1.807, 2.05) is 18.2 Å². The molecule has 0 bridgehead atoms. The molecule has 1 aromatic rings. The summed E-state index contributed by atoms with van der Waals surface area (Å²) < 4.78 is 11.9. The number of aliphatic carboxylic acids is 1. The predicted octanol–water partition coefficient (Wildman–Crippen LogP) is 3.99. The zero-order valence-corrected chi connectivity index (χ0v) is 17.3. The van der Waals surface area contributed by atoms with E-state index >= 15 is 0 Å². The van der Waals surface area contributed by atoms with E-state index in [0.29, 0.717) is 12.4 Å². The van der Waals surface area contributed by atoms with Crippen molar-refractivity contribution in [2.45, 2.75) is 58.6 Å². The lowest BCUT2D eigenvalue weighted by Crippen LogP contribution is -2.44. The van der Waals surface area contributed by atoms with Crippen LogP contribution < -0.4 is 10.1 Å². The highest BCUT2D eigenvalue weighted by molar-refractivity contribution is 14.1. The minimum atomic E-state index is -1.12. The van der Waals surface area contributed by atoms with Gasteiger partial charge in [0.1, 0.15) is 17.4 Å². The van der Waals surface area contributed by atoms with Gasteiger partial charge in [0, 0.05) is 9.99 Å². The van der Waals surface area contributed by atoms with Gasteiger partial charge in [0.25, 0.3) is 0 Å². The highest BCUT2D eigenvalue weighted by Gasteiger charge is 2.25. The van der Waals surface area contributed by atoms with Crippen LogP contribution in [0.2, 0.25) is 0 Å². The van der Waals surface area contributed by atoms with Gasteiger partial charge < -0.3 is 19.9 Å². The number of nitrogens with one attached hydrogen (secondary N) is 1. The Bertz CT molecular complexity index is 598. The molecule has 6 nitrogen and oxygen atoms in total. The van der Waals surface area contributed by atoms with Crippen molar-refractivity contribution >= 4 is 34.7 Å². The van der Waals surface area contributed by atoms with E-state index in [4.69, 9.17) is 9.47 Å². The van der Waals surface area contributed by atoms with Gasteiger partial charge in [-0.15, -0.1) is 0 Å². The average Bonchev–Trinajstić information content (AvgIpc) is 2.47. The maximum atomic E-state index is 11.9. The van der Waals surface area contributed by atoms with Crippen LogP contribution in [0.1, 0.15) is 46.1 Å². The zero-order chi connectivity index (χ0) is 19.0. The van der Waals surface area contributed by atoms with Gasteiger partial charge in [-0.3, -0.25) is 0 Å². The van der Waals surface area contributed by atoms with Crippen molar-refractivity contribution in [3.05, 3.63) is 27.3 Å². The summed E-state index contributed by atoms with van der Waals surface area (Å²) in [6.45, 7) is 7.81. The first-order valence-corrected chi connectivity index (χ1v) is 9.33. The Hall–Kier alpha value is -1.51. The fourth-order valence-corrected chi connectivity index (χ4v) is 2.60. The highest BCUT2D eigenvalue weighted by Crippen LogP contribution is 2.23. The number of carbonyl (C=O) groups excluding carboxylic acids is 1. The number of halogens is 1. The average molecular weight is 463 g/mol. The highest BCUT2D eigenvalue weighted by atomic mass is 127. The van der Waals surface area contributed by atoms with Gasteiger partial charge in [0.2, 0.25) is 0 Å². The SMILES string of the molecule is CCCCOc1ccc(I)cc1C[C@H](NC(=O)OC(C)(C)C)C(=O)O. The smallest absolute Gasteiger partial charge is 0.408 e. The third-order valence-electron chi connectivity index (χ3n) is 3.19. The molecule has 0 aliphatic carbocycles. The molecule has 0 saturated carbocycles. The molecule has 0 spiro atoms. The molecule has 1 amide bonds. The van der Waals surface area contributed by atoms with Gasteiger partial charge in [0.15, 0.2) is 0 Å². The van der Waals surface area contributed by atoms with Crippen LogP contribution in [0.4, 0.5) is 4.79 Å². The Kier molecular flexibility index (Phi) is 8.47. The summed E-state index contributed by atoms with van der Waals surface area (Å²) in [6.07, 6.45) is 1.30. The number of alkyl carbamates (subject to hydrolysis) is 1. The fourth-order valence-electron chi connectivity index (χ4n) is 2.04. The first-order chi connectivity index (χ1) is 11.6. The molecular formula is C18H26INO5. The molecule has 25 heavy (non-hydrogen) atoms. The van der Waals surface area contributed by atoms with Gasteiger partial charge in [0.05, 0.1) is 6.61 Å². The summed E-state index contributed by atoms with van der Waals surface area (Å²) in [5.74, 6) is -0.477. The molecule has 2 N–H and O–H groups in total. The molecule has 0 aliphatic heterocycles. The number of benzene rings is 1. The summed E-state index contributed by atoms with van der Waals surface area (Å²) in [4.78, 5) is 23.4. The van der Waals surface area contributed by atoms with E-state index in [1.165, 1.54) is 0 Å². The number of unbranched alkanes of at least 4 members (excludes halogenated alkanes) is 1. The monoisotopic (exact) mass is 463 g/mol. The van der Waals surface area contributed by atoms with Gasteiger partial charge in [-0.2, -0.15) is 0 Å².